The van der Waals surface area contributed by atoms with E-state index in [9.17, 15) is 18.3 Å². The summed E-state index contributed by atoms with van der Waals surface area (Å²) < 4.78 is 35.0. The molecule has 1 aliphatic heterocycles. The van der Waals surface area contributed by atoms with Crippen molar-refractivity contribution in [3.8, 4) is 5.75 Å². The van der Waals surface area contributed by atoms with Crippen molar-refractivity contribution in [3.63, 3.8) is 0 Å². The van der Waals surface area contributed by atoms with Crippen molar-refractivity contribution in [1.82, 2.24) is 4.31 Å². The Balaban J connectivity index is 1.76. The molecular formula is C30H38N4O5S. The lowest BCUT2D eigenvalue weighted by molar-refractivity contribution is -0.137. The van der Waals surface area contributed by atoms with Gasteiger partial charge in [-0.1, -0.05) is 43.3 Å². The van der Waals surface area contributed by atoms with Crippen molar-refractivity contribution in [2.24, 2.45) is 5.84 Å². The van der Waals surface area contributed by atoms with Crippen LogP contribution in [0.2, 0.25) is 0 Å². The summed E-state index contributed by atoms with van der Waals surface area (Å²) >= 11 is 0. The smallest absolute Gasteiger partial charge is 0.304 e. The number of benzene rings is 3. The van der Waals surface area contributed by atoms with Crippen molar-refractivity contribution in [2.45, 2.75) is 64.0 Å². The van der Waals surface area contributed by atoms with Gasteiger partial charge in [-0.25, -0.2) is 14.3 Å². The first-order valence-electron chi connectivity index (χ1n) is 13.5. The minimum Gasteiger partial charge on any atom is -0.488 e. The predicted octanol–water partition coefficient (Wildman–Crippen LogP) is 4.55. The molecule has 0 saturated carbocycles. The van der Waals surface area contributed by atoms with Gasteiger partial charge in [-0.2, -0.15) is 4.31 Å². The molecule has 1 aliphatic rings. The number of ether oxygens (including phenoxy) is 1. The third kappa shape index (κ3) is 5.79. The number of nitrogens with zero attached hydrogens (tertiary/aromatic N) is 2. The van der Waals surface area contributed by atoms with E-state index in [1.165, 1.54) is 4.31 Å². The second-order valence-corrected chi connectivity index (χ2v) is 12.1. The van der Waals surface area contributed by atoms with E-state index in [-0.39, 0.29) is 30.5 Å². The van der Waals surface area contributed by atoms with Crippen molar-refractivity contribution in [2.75, 3.05) is 23.8 Å². The minimum absolute atomic E-state index is 0.134. The van der Waals surface area contributed by atoms with Gasteiger partial charge in [0.25, 0.3) is 0 Å². The minimum atomic E-state index is -3.83. The maximum absolute atomic E-state index is 13.7. The van der Waals surface area contributed by atoms with E-state index in [0.717, 1.165) is 27.8 Å². The van der Waals surface area contributed by atoms with Crippen LogP contribution in [0.5, 0.6) is 5.75 Å². The van der Waals surface area contributed by atoms with Crippen LogP contribution in [0.4, 0.5) is 11.4 Å². The molecule has 9 nitrogen and oxygen atoms in total. The number of anilines is 2. The van der Waals surface area contributed by atoms with Gasteiger partial charge in [0.05, 0.1) is 24.3 Å². The molecule has 0 bridgehead atoms. The van der Waals surface area contributed by atoms with Gasteiger partial charge in [0, 0.05) is 19.0 Å². The number of para-hydroxylation sites is 1. The van der Waals surface area contributed by atoms with Crippen molar-refractivity contribution >= 4 is 27.4 Å². The molecule has 2 unspecified atom stereocenters. The Morgan fingerprint density at radius 3 is 2.55 bits per heavy atom. The zero-order valence-electron chi connectivity index (χ0n) is 23.4. The molecule has 5 N–H and O–H groups in total. The molecule has 0 radical (unpaired) electrons. The topological polar surface area (TPSA) is 139 Å². The van der Waals surface area contributed by atoms with Gasteiger partial charge in [-0.05, 0) is 73.2 Å². The summed E-state index contributed by atoms with van der Waals surface area (Å²) in [6.07, 6.45) is 0.203. The van der Waals surface area contributed by atoms with Crippen LogP contribution >= 0.6 is 0 Å². The molecule has 10 heteroatoms. The Labute approximate surface area is 236 Å². The van der Waals surface area contributed by atoms with Crippen LogP contribution in [0.25, 0.3) is 0 Å². The number of carbonyl (C=O) groups is 1. The first kappa shape index (κ1) is 29.4. The first-order chi connectivity index (χ1) is 19.0. The molecule has 0 fully saturated rings. The number of hydrogen-bond donors (Lipinski definition) is 3. The number of sulfonamides is 1. The number of hydrogen-bond acceptors (Lipinski definition) is 7. The summed E-state index contributed by atoms with van der Waals surface area (Å²) in [5.41, 5.74) is 11.7. The largest absolute Gasteiger partial charge is 0.488 e. The molecule has 1 heterocycles. The van der Waals surface area contributed by atoms with Crippen molar-refractivity contribution in [3.05, 3.63) is 82.4 Å². The van der Waals surface area contributed by atoms with Crippen molar-refractivity contribution in [1.29, 1.82) is 0 Å². The number of aliphatic carboxylic acids is 1. The molecule has 0 spiro atoms. The van der Waals surface area contributed by atoms with Gasteiger partial charge >= 0.3 is 5.97 Å². The summed E-state index contributed by atoms with van der Waals surface area (Å²) in [5.74, 6) is 5.01. The fourth-order valence-electron chi connectivity index (χ4n) is 5.18. The number of carboxylic acid groups (broad SMARTS) is 1. The Hall–Kier alpha value is -3.60. The van der Waals surface area contributed by atoms with Gasteiger partial charge in [-0.15, -0.1) is 0 Å². The van der Waals surface area contributed by atoms with E-state index in [4.69, 9.17) is 16.3 Å². The quantitative estimate of drug-likeness (QED) is 0.195. The van der Waals surface area contributed by atoms with Gasteiger partial charge < -0.3 is 20.6 Å². The Kier molecular flexibility index (Phi) is 8.72. The lowest BCUT2D eigenvalue weighted by atomic mass is 9.84. The van der Waals surface area contributed by atoms with Gasteiger partial charge in [0.15, 0.2) is 0 Å². The maximum atomic E-state index is 13.7. The van der Waals surface area contributed by atoms with E-state index < -0.39 is 21.9 Å². The summed E-state index contributed by atoms with van der Waals surface area (Å²) in [6.45, 7) is 8.59. The molecule has 40 heavy (non-hydrogen) atoms. The second kappa shape index (κ2) is 11.9. The highest BCUT2D eigenvalue weighted by Crippen LogP contribution is 2.38. The summed E-state index contributed by atoms with van der Waals surface area (Å²) in [7, 11) is -3.83. The molecule has 2 atom stereocenters. The Morgan fingerprint density at radius 2 is 1.88 bits per heavy atom. The zero-order chi connectivity index (χ0) is 29.2. The fourth-order valence-corrected chi connectivity index (χ4v) is 6.75. The molecule has 0 amide bonds. The monoisotopic (exact) mass is 566 g/mol. The third-order valence-electron chi connectivity index (χ3n) is 7.68. The van der Waals surface area contributed by atoms with Crippen LogP contribution < -0.4 is 21.3 Å². The van der Waals surface area contributed by atoms with Crippen LogP contribution in [0, 0.1) is 13.8 Å². The van der Waals surface area contributed by atoms with Gasteiger partial charge in [-0.3, -0.25) is 4.79 Å². The second-order valence-electron chi connectivity index (χ2n) is 10.2. The van der Waals surface area contributed by atoms with Crippen molar-refractivity contribution < 1.29 is 23.1 Å². The van der Waals surface area contributed by atoms with Crippen LogP contribution in [-0.2, 0) is 21.4 Å². The van der Waals surface area contributed by atoms with E-state index in [0.29, 0.717) is 30.1 Å². The number of fused-ring (bicyclic) bond motifs is 1. The molecule has 0 saturated heterocycles. The molecule has 3 aromatic carbocycles. The Bertz CT molecular complexity index is 1510. The van der Waals surface area contributed by atoms with E-state index in [2.05, 4.69) is 0 Å². The number of hydrazine groups is 1. The normalized spacial score (nSPS) is 17.4. The molecule has 214 valence electrons. The average molecular weight is 567 g/mol. The van der Waals surface area contributed by atoms with Crippen LogP contribution in [-0.4, -0.2) is 43.0 Å². The number of nitrogen functional groups attached to an aromatic ring is 1. The number of carboxylic acids is 1. The van der Waals surface area contributed by atoms with E-state index in [1.807, 2.05) is 58.0 Å². The first-order valence-corrected chi connectivity index (χ1v) is 14.9. The van der Waals surface area contributed by atoms with E-state index >= 15 is 0 Å². The highest BCUT2D eigenvalue weighted by Gasteiger charge is 2.34. The number of nitrogens with two attached hydrogens (primary N) is 2. The summed E-state index contributed by atoms with van der Waals surface area (Å²) in [4.78, 5) is 12.1. The lowest BCUT2D eigenvalue weighted by Gasteiger charge is -2.26. The van der Waals surface area contributed by atoms with Crippen LogP contribution in [0.3, 0.4) is 0 Å². The van der Waals surface area contributed by atoms with Gasteiger partial charge in [0.2, 0.25) is 10.0 Å². The predicted molar refractivity (Wildman–Crippen MR) is 157 cm³/mol. The summed E-state index contributed by atoms with van der Waals surface area (Å²) in [5, 5.41) is 11.4. The maximum Gasteiger partial charge on any atom is 0.304 e. The third-order valence-corrected chi connectivity index (χ3v) is 9.53. The standard InChI is InChI=1S/C30H38N4O5S/c1-5-23-18-33(40(37,38)28-10-8-7-9-27(28)39-23)17-22-15-21(12-11-19(22)3)25(16-29(35)36)24-13-14-26(34(32)6-2)30(31)20(24)4/h7-15,23,25H,5-6,16-18,31-32H2,1-4H3,(H,35,36). The average Bonchev–Trinajstić information content (AvgIpc) is 3.03. The van der Waals surface area contributed by atoms with Gasteiger partial charge in [0.1, 0.15) is 16.7 Å². The highest BCUT2D eigenvalue weighted by atomic mass is 32.2. The SMILES string of the molecule is CCC1CN(Cc2cc(C(CC(=O)O)c3ccc(N(N)CC)c(N)c3C)ccc2C)S(=O)(=O)c2ccccc2O1. The molecule has 4 rings (SSSR count). The number of aryl methyl sites for hydroxylation is 1. The van der Waals surface area contributed by atoms with E-state index in [1.54, 1.807) is 29.3 Å². The zero-order valence-corrected chi connectivity index (χ0v) is 24.2. The lowest BCUT2D eigenvalue weighted by Crippen LogP contribution is -2.36. The highest BCUT2D eigenvalue weighted by molar-refractivity contribution is 7.89. The Morgan fingerprint density at radius 1 is 1.15 bits per heavy atom. The summed E-state index contributed by atoms with van der Waals surface area (Å²) in [6, 6.07) is 16.1. The van der Waals surface area contributed by atoms with Crippen LogP contribution in [0.1, 0.15) is 60.4 Å². The molecule has 0 aliphatic carbocycles. The number of rotatable bonds is 9. The molecular weight excluding hydrogens is 528 g/mol. The molecule has 0 aromatic heterocycles. The van der Waals surface area contributed by atoms with Crippen LogP contribution in [0.15, 0.2) is 59.5 Å². The molecule has 3 aromatic rings. The fraction of sp³-hybridized carbons (Fsp3) is 0.367.